The van der Waals surface area contributed by atoms with Gasteiger partial charge in [0.1, 0.15) is 12.1 Å². The molecular weight excluding hydrogens is 488 g/mol. The smallest absolute Gasteiger partial charge is 0.249 e. The first-order valence-electron chi connectivity index (χ1n) is 12.2. The summed E-state index contributed by atoms with van der Waals surface area (Å²) in [7, 11) is 0. The third kappa shape index (κ3) is 4.59. The molecule has 2 aromatic heterocycles. The number of hydrogen-bond acceptors (Lipinski definition) is 10. The molecule has 2 atom stereocenters. The summed E-state index contributed by atoms with van der Waals surface area (Å²) >= 11 is 0. The number of carbonyl (C=O) groups excluding carboxylic acids is 4. The number of rotatable bonds is 5. The zero-order valence-electron chi connectivity index (χ0n) is 20.0. The molecule has 0 saturated carbocycles. The van der Waals surface area contributed by atoms with E-state index in [-0.39, 0.29) is 36.5 Å². The van der Waals surface area contributed by atoms with Crippen LogP contribution in [0.2, 0.25) is 0 Å². The third-order valence-electron chi connectivity index (χ3n) is 6.67. The molecule has 4 heterocycles. The first kappa shape index (κ1) is 23.4. The zero-order valence-corrected chi connectivity index (χ0v) is 20.0. The number of amides is 4. The molecule has 6 rings (SSSR count). The van der Waals surface area contributed by atoms with E-state index < -0.39 is 12.1 Å². The number of hydrogen-bond donors (Lipinski definition) is 4. The van der Waals surface area contributed by atoms with Crippen molar-refractivity contribution in [1.82, 2.24) is 30.8 Å². The number of aromatic nitrogens is 4. The largest absolute Gasteiger partial charge is 0.356 e. The molecule has 2 aromatic carbocycles. The van der Waals surface area contributed by atoms with Gasteiger partial charge in [0.05, 0.1) is 11.7 Å². The van der Waals surface area contributed by atoms with E-state index in [0.717, 1.165) is 27.3 Å². The van der Waals surface area contributed by atoms with E-state index in [0.29, 0.717) is 30.1 Å². The van der Waals surface area contributed by atoms with Crippen LogP contribution in [0.3, 0.4) is 0 Å². The Kier molecular flexibility index (Phi) is 5.83. The Morgan fingerprint density at radius 2 is 1.42 bits per heavy atom. The van der Waals surface area contributed by atoms with Crippen LogP contribution < -0.4 is 21.3 Å². The molecule has 190 valence electrons. The minimum atomic E-state index is -0.580. The lowest BCUT2D eigenvalue weighted by Gasteiger charge is -2.22. The number of benzene rings is 2. The molecule has 4 N–H and O–H groups in total. The van der Waals surface area contributed by atoms with Gasteiger partial charge in [0.15, 0.2) is 5.82 Å². The first-order valence-corrected chi connectivity index (χ1v) is 12.2. The van der Waals surface area contributed by atoms with Gasteiger partial charge in [-0.2, -0.15) is 5.10 Å². The van der Waals surface area contributed by atoms with E-state index in [1.165, 1.54) is 0 Å². The van der Waals surface area contributed by atoms with Crippen LogP contribution in [0.25, 0.3) is 32.8 Å². The van der Waals surface area contributed by atoms with Crippen LogP contribution in [-0.2, 0) is 19.2 Å². The second-order valence-corrected chi connectivity index (χ2v) is 9.26. The van der Waals surface area contributed by atoms with Crippen molar-refractivity contribution in [3.8, 4) is 11.1 Å². The summed E-state index contributed by atoms with van der Waals surface area (Å²) in [6.45, 7) is 0. The summed E-state index contributed by atoms with van der Waals surface area (Å²) in [5.41, 5.74) is 2.48. The molecule has 2 aliphatic heterocycles. The molecule has 4 amide bonds. The second kappa shape index (κ2) is 9.47. The topological polar surface area (TPSA) is 168 Å². The van der Waals surface area contributed by atoms with Crippen LogP contribution in [0.5, 0.6) is 0 Å². The maximum atomic E-state index is 12.2. The lowest BCUT2D eigenvalue weighted by molar-refractivity contribution is -0.135. The number of anilines is 2. The Bertz CT molecular complexity index is 1640. The van der Waals surface area contributed by atoms with Crippen molar-refractivity contribution in [2.75, 3.05) is 10.6 Å². The number of fused-ring (bicyclic) bond motifs is 2. The maximum Gasteiger partial charge on any atom is 0.249 e. The van der Waals surface area contributed by atoms with E-state index in [9.17, 15) is 19.2 Å². The molecule has 0 aliphatic carbocycles. The summed E-state index contributed by atoms with van der Waals surface area (Å²) in [6.07, 6.45) is 4.59. The summed E-state index contributed by atoms with van der Waals surface area (Å²) < 4.78 is 0. The SMILES string of the molecule is O=C1CCC(Nc2ncc3ccc(-c4ccc5cnnc(NC6CCC(=O)NC6=O)c5c4)cc3n2)C(=O)N1. The van der Waals surface area contributed by atoms with Crippen molar-refractivity contribution in [2.45, 2.75) is 37.8 Å². The minimum absolute atomic E-state index is 0.256. The summed E-state index contributed by atoms with van der Waals surface area (Å²) in [5, 5.41) is 21.5. The van der Waals surface area contributed by atoms with Crippen LogP contribution in [0.4, 0.5) is 11.8 Å². The predicted octanol–water partition coefficient (Wildman–Crippen LogP) is 1.67. The first-order chi connectivity index (χ1) is 18.4. The lowest BCUT2D eigenvalue weighted by atomic mass is 10.0. The van der Waals surface area contributed by atoms with Gasteiger partial charge in [-0.1, -0.05) is 24.3 Å². The van der Waals surface area contributed by atoms with Crippen molar-refractivity contribution in [1.29, 1.82) is 0 Å². The van der Waals surface area contributed by atoms with Crippen molar-refractivity contribution in [3.05, 3.63) is 48.8 Å². The number of nitrogens with one attached hydrogen (secondary N) is 4. The van der Waals surface area contributed by atoms with Gasteiger partial charge in [-0.25, -0.2) is 9.97 Å². The van der Waals surface area contributed by atoms with Crippen molar-refractivity contribution in [2.24, 2.45) is 0 Å². The highest BCUT2D eigenvalue weighted by molar-refractivity contribution is 6.03. The molecule has 2 fully saturated rings. The molecule has 4 aromatic rings. The molecule has 38 heavy (non-hydrogen) atoms. The summed E-state index contributed by atoms with van der Waals surface area (Å²) in [6, 6.07) is 10.5. The van der Waals surface area contributed by atoms with E-state index in [4.69, 9.17) is 0 Å². The van der Waals surface area contributed by atoms with Gasteiger partial charge < -0.3 is 10.6 Å². The molecule has 0 bridgehead atoms. The van der Waals surface area contributed by atoms with Crippen LogP contribution in [-0.4, -0.2) is 55.9 Å². The quantitative estimate of drug-likeness (QED) is 0.290. The van der Waals surface area contributed by atoms with Crippen LogP contribution in [0, 0.1) is 0 Å². The number of piperidine rings is 2. The van der Waals surface area contributed by atoms with Crippen molar-refractivity contribution in [3.63, 3.8) is 0 Å². The van der Waals surface area contributed by atoms with Gasteiger partial charge in [-0.05, 0) is 36.1 Å². The highest BCUT2D eigenvalue weighted by Gasteiger charge is 2.28. The average molecular weight is 511 g/mol. The highest BCUT2D eigenvalue weighted by atomic mass is 16.2. The Hall–Kier alpha value is -5.00. The highest BCUT2D eigenvalue weighted by Crippen LogP contribution is 2.30. The zero-order chi connectivity index (χ0) is 26.2. The molecule has 0 radical (unpaired) electrons. The van der Waals surface area contributed by atoms with Gasteiger partial charge >= 0.3 is 0 Å². The van der Waals surface area contributed by atoms with Gasteiger partial charge in [-0.3, -0.25) is 29.8 Å². The molecule has 0 spiro atoms. The van der Waals surface area contributed by atoms with Crippen molar-refractivity contribution < 1.29 is 19.2 Å². The fourth-order valence-corrected chi connectivity index (χ4v) is 4.62. The van der Waals surface area contributed by atoms with Gasteiger partial charge in [0.25, 0.3) is 0 Å². The number of carbonyl (C=O) groups is 4. The van der Waals surface area contributed by atoms with Gasteiger partial charge in [-0.15, -0.1) is 5.10 Å². The van der Waals surface area contributed by atoms with E-state index in [1.807, 2.05) is 36.4 Å². The molecule has 2 unspecified atom stereocenters. The summed E-state index contributed by atoms with van der Waals surface area (Å²) in [5.74, 6) is -0.581. The summed E-state index contributed by atoms with van der Waals surface area (Å²) in [4.78, 5) is 56.2. The monoisotopic (exact) mass is 510 g/mol. The van der Waals surface area contributed by atoms with E-state index in [1.54, 1.807) is 12.4 Å². The van der Waals surface area contributed by atoms with Gasteiger partial charge in [0, 0.05) is 35.2 Å². The molecule has 12 nitrogen and oxygen atoms in total. The molecular formula is C26H22N8O4. The Morgan fingerprint density at radius 1 is 0.763 bits per heavy atom. The Balaban J connectivity index is 1.30. The van der Waals surface area contributed by atoms with Crippen molar-refractivity contribution >= 4 is 57.1 Å². The van der Waals surface area contributed by atoms with Gasteiger partial charge in [0.2, 0.25) is 29.6 Å². The van der Waals surface area contributed by atoms with E-state index in [2.05, 4.69) is 41.4 Å². The minimum Gasteiger partial charge on any atom is -0.356 e. The Morgan fingerprint density at radius 3 is 2.13 bits per heavy atom. The molecule has 2 aliphatic rings. The number of imide groups is 2. The molecule has 2 saturated heterocycles. The van der Waals surface area contributed by atoms with Crippen LogP contribution >= 0.6 is 0 Å². The maximum absolute atomic E-state index is 12.2. The van der Waals surface area contributed by atoms with Crippen LogP contribution in [0.1, 0.15) is 25.7 Å². The third-order valence-corrected chi connectivity index (χ3v) is 6.67. The fourth-order valence-electron chi connectivity index (χ4n) is 4.62. The molecule has 12 heteroatoms. The predicted molar refractivity (Wildman–Crippen MR) is 138 cm³/mol. The fraction of sp³-hybridized carbons (Fsp3) is 0.231. The van der Waals surface area contributed by atoms with Crippen LogP contribution in [0.15, 0.2) is 48.8 Å². The second-order valence-electron chi connectivity index (χ2n) is 9.26. The van der Waals surface area contributed by atoms with E-state index >= 15 is 0 Å². The lowest BCUT2D eigenvalue weighted by Crippen LogP contribution is -2.47. The number of nitrogens with zero attached hydrogens (tertiary/aromatic N) is 4. The normalized spacial score (nSPS) is 19.8. The average Bonchev–Trinajstić information content (AvgIpc) is 2.91. The standard InChI is InChI=1S/C26H22N8O4/c35-21-7-5-18(24(37)32-21)29-23-17-9-13(1-3-15(17)12-28-34-23)14-2-4-16-11-27-26(31-20(16)10-14)30-19-6-8-22(36)33-25(19)38/h1-4,9-12,18-19H,5-8H2,(H,29,34)(H,27,30,31)(H,32,35,37)(H,33,36,38). The Labute approximate surface area is 215 Å².